The summed E-state index contributed by atoms with van der Waals surface area (Å²) in [5, 5.41) is 3.64. The van der Waals surface area contributed by atoms with Crippen molar-refractivity contribution >= 4 is 0 Å². The highest BCUT2D eigenvalue weighted by Gasteiger charge is 2.38. The van der Waals surface area contributed by atoms with Gasteiger partial charge < -0.3 is 10.1 Å². The Balaban J connectivity index is 1.80. The van der Waals surface area contributed by atoms with Gasteiger partial charge in [0.2, 0.25) is 0 Å². The van der Waals surface area contributed by atoms with Gasteiger partial charge in [-0.25, -0.2) is 0 Å². The lowest BCUT2D eigenvalue weighted by atomic mass is 9.90. The number of hydrogen-bond donors (Lipinski definition) is 1. The molecule has 1 aliphatic carbocycles. The van der Waals surface area contributed by atoms with Gasteiger partial charge in [0.05, 0.1) is 11.7 Å². The van der Waals surface area contributed by atoms with Crippen molar-refractivity contribution in [2.45, 2.75) is 64.1 Å². The van der Waals surface area contributed by atoms with Crippen molar-refractivity contribution in [1.82, 2.24) is 5.32 Å². The Kier molecular flexibility index (Phi) is 4.13. The molecule has 0 aromatic heterocycles. The lowest BCUT2D eigenvalue weighted by Crippen LogP contribution is -2.50. The monoisotopic (exact) mass is 273 g/mol. The number of hydrogen-bond acceptors (Lipinski definition) is 2. The first-order valence-corrected chi connectivity index (χ1v) is 8.14. The van der Waals surface area contributed by atoms with E-state index in [0.29, 0.717) is 0 Å². The summed E-state index contributed by atoms with van der Waals surface area (Å²) in [5.74, 6) is 0. The van der Waals surface area contributed by atoms with Crippen molar-refractivity contribution in [2.24, 2.45) is 0 Å². The quantitative estimate of drug-likeness (QED) is 0.833. The van der Waals surface area contributed by atoms with Gasteiger partial charge >= 0.3 is 0 Å². The van der Waals surface area contributed by atoms with Gasteiger partial charge in [0.15, 0.2) is 0 Å². The summed E-state index contributed by atoms with van der Waals surface area (Å²) >= 11 is 0. The van der Waals surface area contributed by atoms with E-state index in [1.807, 2.05) is 0 Å². The van der Waals surface area contributed by atoms with E-state index in [4.69, 9.17) is 4.74 Å². The number of aryl methyl sites for hydroxylation is 2. The highest BCUT2D eigenvalue weighted by atomic mass is 16.5. The van der Waals surface area contributed by atoms with Gasteiger partial charge in [0.25, 0.3) is 0 Å². The maximum atomic E-state index is 6.64. The maximum absolute atomic E-state index is 6.64. The zero-order chi connectivity index (χ0) is 14.0. The summed E-state index contributed by atoms with van der Waals surface area (Å²) in [6.45, 7) is 6.35. The third kappa shape index (κ3) is 2.91. The second-order valence-corrected chi connectivity index (χ2v) is 6.69. The zero-order valence-corrected chi connectivity index (χ0v) is 12.9. The third-order valence-electron chi connectivity index (χ3n) is 4.96. The molecule has 2 heteroatoms. The highest BCUT2D eigenvalue weighted by molar-refractivity contribution is 5.32. The van der Waals surface area contributed by atoms with E-state index in [-0.39, 0.29) is 11.7 Å². The smallest absolute Gasteiger partial charge is 0.0959 e. The lowest BCUT2D eigenvalue weighted by Gasteiger charge is -2.42. The van der Waals surface area contributed by atoms with Gasteiger partial charge in [-0.2, -0.15) is 0 Å². The Morgan fingerprint density at radius 3 is 2.55 bits per heavy atom. The van der Waals surface area contributed by atoms with E-state index in [1.54, 1.807) is 0 Å². The van der Waals surface area contributed by atoms with Gasteiger partial charge in [-0.1, -0.05) is 49.4 Å². The summed E-state index contributed by atoms with van der Waals surface area (Å²) in [6, 6.07) is 6.74. The minimum absolute atomic E-state index is 0.0940. The average molecular weight is 273 g/mol. The molecule has 1 saturated heterocycles. The van der Waals surface area contributed by atoms with Crippen molar-refractivity contribution in [1.29, 1.82) is 0 Å². The van der Waals surface area contributed by atoms with Gasteiger partial charge in [-0.15, -0.1) is 0 Å². The molecule has 20 heavy (non-hydrogen) atoms. The highest BCUT2D eigenvalue weighted by Crippen LogP contribution is 2.37. The molecule has 1 heterocycles. The molecule has 1 atom stereocenters. The van der Waals surface area contributed by atoms with Crippen LogP contribution in [-0.4, -0.2) is 18.7 Å². The van der Waals surface area contributed by atoms with Crippen molar-refractivity contribution in [3.63, 3.8) is 0 Å². The van der Waals surface area contributed by atoms with E-state index in [1.165, 1.54) is 55.2 Å². The van der Waals surface area contributed by atoms with Crippen LogP contribution in [0.1, 0.15) is 61.3 Å². The molecule has 1 N–H and O–H groups in total. The van der Waals surface area contributed by atoms with E-state index in [0.717, 1.165) is 13.1 Å². The number of morpholine rings is 1. The van der Waals surface area contributed by atoms with Crippen molar-refractivity contribution in [2.75, 3.05) is 13.1 Å². The van der Waals surface area contributed by atoms with Gasteiger partial charge in [0.1, 0.15) is 0 Å². The molecular weight excluding hydrogens is 246 g/mol. The molecule has 2 nitrogen and oxygen atoms in total. The molecule has 1 aromatic rings. The van der Waals surface area contributed by atoms with Crippen molar-refractivity contribution in [3.05, 3.63) is 34.9 Å². The van der Waals surface area contributed by atoms with E-state index >= 15 is 0 Å². The number of ether oxygens (including phenoxy) is 1. The van der Waals surface area contributed by atoms with Gasteiger partial charge in [-0.05, 0) is 37.8 Å². The molecule has 0 radical (unpaired) electrons. The Bertz CT molecular complexity index is 460. The van der Waals surface area contributed by atoms with Crippen LogP contribution in [-0.2, 0) is 4.74 Å². The molecule has 1 aliphatic heterocycles. The van der Waals surface area contributed by atoms with Crippen LogP contribution in [0.5, 0.6) is 0 Å². The Hall–Kier alpha value is -0.860. The Morgan fingerprint density at radius 1 is 1.10 bits per heavy atom. The van der Waals surface area contributed by atoms with Crippen LogP contribution in [0.4, 0.5) is 0 Å². The van der Waals surface area contributed by atoms with E-state index in [9.17, 15) is 0 Å². The minimum Gasteiger partial charge on any atom is -0.364 e. The largest absolute Gasteiger partial charge is 0.364 e. The Morgan fingerprint density at radius 2 is 1.85 bits per heavy atom. The predicted octanol–water partition coefficient (Wildman–Crippen LogP) is 4.06. The molecule has 3 rings (SSSR count). The van der Waals surface area contributed by atoms with Crippen molar-refractivity contribution in [3.8, 4) is 0 Å². The van der Waals surface area contributed by atoms with E-state index < -0.39 is 0 Å². The summed E-state index contributed by atoms with van der Waals surface area (Å²) < 4.78 is 6.64. The third-order valence-corrected chi connectivity index (χ3v) is 4.96. The Labute approximate surface area is 122 Å². The zero-order valence-electron chi connectivity index (χ0n) is 12.9. The number of benzene rings is 1. The van der Waals surface area contributed by atoms with Crippen LogP contribution < -0.4 is 5.32 Å². The standard InChI is InChI=1S/C18H27NO/c1-14-7-8-16(15(2)11-14)17-12-19-13-18(20-17)9-5-3-4-6-10-18/h7-8,11,17,19H,3-6,9-10,12-13H2,1-2H3. The number of rotatable bonds is 1. The maximum Gasteiger partial charge on any atom is 0.0959 e. The summed E-state index contributed by atoms with van der Waals surface area (Å²) in [4.78, 5) is 0. The van der Waals surface area contributed by atoms with Gasteiger partial charge in [-0.3, -0.25) is 0 Å². The SMILES string of the molecule is Cc1ccc(C2CNCC3(CCCCCC3)O2)c(C)c1. The molecule has 0 bridgehead atoms. The fraction of sp³-hybridized carbons (Fsp3) is 0.667. The first kappa shape index (κ1) is 14.1. The van der Waals surface area contributed by atoms with Crippen LogP contribution in [0.15, 0.2) is 18.2 Å². The van der Waals surface area contributed by atoms with Crippen molar-refractivity contribution < 1.29 is 4.74 Å². The normalized spacial score (nSPS) is 26.4. The van der Waals surface area contributed by atoms with Crippen LogP contribution in [0.2, 0.25) is 0 Å². The van der Waals surface area contributed by atoms with Gasteiger partial charge in [0, 0.05) is 13.1 Å². The second-order valence-electron chi connectivity index (χ2n) is 6.69. The first-order chi connectivity index (χ1) is 9.69. The van der Waals surface area contributed by atoms with Crippen LogP contribution in [0, 0.1) is 13.8 Å². The summed E-state index contributed by atoms with van der Waals surface area (Å²) in [5.41, 5.74) is 4.16. The molecule has 110 valence electrons. The topological polar surface area (TPSA) is 21.3 Å². The molecule has 0 amide bonds. The first-order valence-electron chi connectivity index (χ1n) is 8.14. The van der Waals surface area contributed by atoms with Crippen LogP contribution in [0.25, 0.3) is 0 Å². The molecule has 1 spiro atoms. The fourth-order valence-electron chi connectivity index (χ4n) is 3.84. The fourth-order valence-corrected chi connectivity index (χ4v) is 3.84. The second kappa shape index (κ2) is 5.87. The molecule has 1 aromatic carbocycles. The summed E-state index contributed by atoms with van der Waals surface area (Å²) in [6.07, 6.45) is 8.06. The molecule has 2 fully saturated rings. The molecular formula is C18H27NO. The number of nitrogens with one attached hydrogen (secondary N) is 1. The molecule has 2 aliphatic rings. The average Bonchev–Trinajstić information content (AvgIpc) is 2.64. The molecule has 1 saturated carbocycles. The molecule has 1 unspecified atom stereocenters. The lowest BCUT2D eigenvalue weighted by molar-refractivity contribution is -0.126. The minimum atomic E-state index is 0.0940. The van der Waals surface area contributed by atoms with Crippen LogP contribution >= 0.6 is 0 Å². The summed E-state index contributed by atoms with van der Waals surface area (Å²) in [7, 11) is 0. The van der Waals surface area contributed by atoms with Crippen LogP contribution in [0.3, 0.4) is 0 Å². The van der Waals surface area contributed by atoms with E-state index in [2.05, 4.69) is 37.4 Å². The predicted molar refractivity (Wildman–Crippen MR) is 83.0 cm³/mol.